The van der Waals surface area contributed by atoms with Crippen LogP contribution in [0.4, 0.5) is 0 Å². The Hall–Kier alpha value is -1.14. The molecule has 0 aromatic heterocycles. The highest BCUT2D eigenvalue weighted by Gasteiger charge is 2.01. The minimum absolute atomic E-state index is 0.0346. The molecule has 6 nitrogen and oxygen atoms in total. The molecule has 0 aliphatic carbocycles. The van der Waals surface area contributed by atoms with E-state index in [1.54, 1.807) is 0 Å². The highest BCUT2D eigenvalue weighted by atomic mass is 16.5. The summed E-state index contributed by atoms with van der Waals surface area (Å²) >= 11 is 0. The molecule has 0 saturated heterocycles. The maximum Gasteiger partial charge on any atom is 0.246 e. The monoisotopic (exact) mass is 218 g/mol. The number of carbonyl (C=O) groups is 2. The molecule has 0 atom stereocenters. The molecule has 0 aliphatic heterocycles. The molecule has 0 spiro atoms. The first-order valence-electron chi connectivity index (χ1n) is 4.80. The second-order valence-corrected chi connectivity index (χ2v) is 2.77. The number of rotatable bonds is 8. The average molecular weight is 218 g/mol. The first-order valence-corrected chi connectivity index (χ1v) is 4.80. The molecule has 0 unspecified atom stereocenters. The topological polar surface area (TPSA) is 76.7 Å². The van der Waals surface area contributed by atoms with E-state index < -0.39 is 0 Å². The molecule has 88 valence electrons. The minimum atomic E-state index is -0.198. The normalized spacial score (nSPS) is 9.73. The quantitative estimate of drug-likeness (QED) is 0.507. The van der Waals surface area contributed by atoms with Crippen LogP contribution in [0.5, 0.6) is 0 Å². The van der Waals surface area contributed by atoms with Gasteiger partial charge in [-0.25, -0.2) is 0 Å². The Morgan fingerprint density at radius 3 is 2.07 bits per heavy atom. The van der Waals surface area contributed by atoms with Gasteiger partial charge in [-0.15, -0.1) is 0 Å². The zero-order valence-electron chi connectivity index (χ0n) is 9.17. The van der Waals surface area contributed by atoms with Crippen LogP contribution in [0.15, 0.2) is 0 Å². The number of carbonyl (C=O) groups excluding carboxylic acids is 2. The van der Waals surface area contributed by atoms with Crippen LogP contribution in [0.25, 0.3) is 0 Å². The van der Waals surface area contributed by atoms with Crippen LogP contribution in [0.1, 0.15) is 6.92 Å². The van der Waals surface area contributed by atoms with Crippen LogP contribution in [0, 0.1) is 0 Å². The maximum atomic E-state index is 11.0. The van der Waals surface area contributed by atoms with Gasteiger partial charge in [0.15, 0.2) is 0 Å². The Labute approximate surface area is 89.3 Å². The molecular weight excluding hydrogens is 200 g/mol. The van der Waals surface area contributed by atoms with E-state index >= 15 is 0 Å². The zero-order valence-corrected chi connectivity index (χ0v) is 9.17. The second-order valence-electron chi connectivity index (χ2n) is 2.77. The van der Waals surface area contributed by atoms with Gasteiger partial charge in [-0.1, -0.05) is 0 Å². The number of hydrogen-bond acceptors (Lipinski definition) is 4. The molecule has 0 fully saturated rings. The number of amides is 2. The van der Waals surface area contributed by atoms with Gasteiger partial charge in [-0.3, -0.25) is 9.59 Å². The van der Waals surface area contributed by atoms with Gasteiger partial charge >= 0.3 is 0 Å². The van der Waals surface area contributed by atoms with Crippen LogP contribution in [0.2, 0.25) is 0 Å². The molecule has 15 heavy (non-hydrogen) atoms. The summed E-state index contributed by atoms with van der Waals surface area (Å²) in [4.78, 5) is 21.9. The predicted molar refractivity (Wildman–Crippen MR) is 54.4 cm³/mol. The minimum Gasteiger partial charge on any atom is -0.375 e. The van der Waals surface area contributed by atoms with Crippen molar-refractivity contribution in [3.8, 4) is 0 Å². The summed E-state index contributed by atoms with van der Waals surface area (Å²) in [5.74, 6) is -0.380. The van der Waals surface area contributed by atoms with Crippen molar-refractivity contribution in [2.24, 2.45) is 0 Å². The van der Waals surface area contributed by atoms with E-state index in [9.17, 15) is 9.59 Å². The van der Waals surface area contributed by atoms with Crippen LogP contribution < -0.4 is 10.6 Å². The summed E-state index contributed by atoms with van der Waals surface area (Å²) in [6.07, 6.45) is 0. The van der Waals surface area contributed by atoms with E-state index in [1.807, 2.05) is 6.92 Å². The molecule has 0 aromatic carbocycles. The third-order valence-corrected chi connectivity index (χ3v) is 1.48. The maximum absolute atomic E-state index is 11.0. The molecule has 0 heterocycles. The van der Waals surface area contributed by atoms with E-state index in [-0.39, 0.29) is 25.0 Å². The molecule has 2 amide bonds. The van der Waals surface area contributed by atoms with Crippen LogP contribution >= 0.6 is 0 Å². The van der Waals surface area contributed by atoms with Crippen molar-refractivity contribution in [3.63, 3.8) is 0 Å². The molecule has 2 N–H and O–H groups in total. The van der Waals surface area contributed by atoms with Crippen molar-refractivity contribution in [1.29, 1.82) is 0 Å². The highest BCUT2D eigenvalue weighted by molar-refractivity contribution is 5.78. The van der Waals surface area contributed by atoms with Gasteiger partial charge in [0.1, 0.15) is 13.2 Å². The Bertz CT molecular complexity index is 197. The standard InChI is InChI=1S/C9H18N2O4/c1-3-15-7-9(13)11-5-4-10-8(12)6-14-2/h3-7H2,1-2H3,(H,10,12)(H,11,13). The summed E-state index contributed by atoms with van der Waals surface area (Å²) < 4.78 is 9.51. The molecule has 6 heteroatoms. The summed E-state index contributed by atoms with van der Waals surface area (Å²) in [7, 11) is 1.45. The van der Waals surface area contributed by atoms with E-state index in [1.165, 1.54) is 7.11 Å². The van der Waals surface area contributed by atoms with Crippen molar-refractivity contribution in [3.05, 3.63) is 0 Å². The SMILES string of the molecule is CCOCC(=O)NCCNC(=O)COC. The number of ether oxygens (including phenoxy) is 2. The van der Waals surface area contributed by atoms with Crippen LogP contribution in [0.3, 0.4) is 0 Å². The molecule has 0 radical (unpaired) electrons. The smallest absolute Gasteiger partial charge is 0.246 e. The van der Waals surface area contributed by atoms with Crippen LogP contribution in [-0.2, 0) is 19.1 Å². The van der Waals surface area contributed by atoms with Crippen molar-refractivity contribution in [2.45, 2.75) is 6.92 Å². The highest BCUT2D eigenvalue weighted by Crippen LogP contribution is 1.73. The molecule has 0 rings (SSSR count). The van der Waals surface area contributed by atoms with Crippen molar-refractivity contribution in [2.75, 3.05) is 40.0 Å². The lowest BCUT2D eigenvalue weighted by Crippen LogP contribution is -2.37. The molecule has 0 aromatic rings. The fraction of sp³-hybridized carbons (Fsp3) is 0.778. The lowest BCUT2D eigenvalue weighted by atomic mass is 10.5. The Balaban J connectivity index is 3.30. The average Bonchev–Trinajstić information content (AvgIpc) is 2.22. The number of methoxy groups -OCH3 is 1. The van der Waals surface area contributed by atoms with Gasteiger partial charge in [0.05, 0.1) is 0 Å². The molecule has 0 bridgehead atoms. The van der Waals surface area contributed by atoms with Gasteiger partial charge < -0.3 is 20.1 Å². The number of hydrogen-bond donors (Lipinski definition) is 2. The number of nitrogens with one attached hydrogen (secondary N) is 2. The molecular formula is C9H18N2O4. The van der Waals surface area contributed by atoms with Gasteiger partial charge in [-0.05, 0) is 6.92 Å². The Morgan fingerprint density at radius 2 is 1.60 bits per heavy atom. The summed E-state index contributed by atoms with van der Waals surface area (Å²) in [5, 5.41) is 5.17. The van der Waals surface area contributed by atoms with E-state index in [0.717, 1.165) is 0 Å². The molecule has 0 aliphatic rings. The Kier molecular flexibility index (Phi) is 8.70. The predicted octanol–water partition coefficient (Wildman–Crippen LogP) is -1.10. The van der Waals surface area contributed by atoms with Crippen molar-refractivity contribution in [1.82, 2.24) is 10.6 Å². The third-order valence-electron chi connectivity index (χ3n) is 1.48. The van der Waals surface area contributed by atoms with Gasteiger partial charge in [-0.2, -0.15) is 0 Å². The van der Waals surface area contributed by atoms with Gasteiger partial charge in [0.25, 0.3) is 0 Å². The lowest BCUT2D eigenvalue weighted by molar-refractivity contribution is -0.126. The first-order chi connectivity index (χ1) is 7.20. The third kappa shape index (κ3) is 9.17. The second kappa shape index (κ2) is 9.42. The molecule has 0 saturated carbocycles. The largest absolute Gasteiger partial charge is 0.375 e. The van der Waals surface area contributed by atoms with Crippen molar-refractivity contribution < 1.29 is 19.1 Å². The first kappa shape index (κ1) is 13.9. The lowest BCUT2D eigenvalue weighted by Gasteiger charge is -2.06. The fourth-order valence-electron chi connectivity index (χ4n) is 0.832. The summed E-state index contributed by atoms with van der Waals surface area (Å²) in [6, 6.07) is 0. The van der Waals surface area contributed by atoms with Gasteiger partial charge in [0, 0.05) is 26.8 Å². The van der Waals surface area contributed by atoms with E-state index in [4.69, 9.17) is 4.74 Å². The fourth-order valence-corrected chi connectivity index (χ4v) is 0.832. The zero-order chi connectivity index (χ0) is 11.5. The van der Waals surface area contributed by atoms with Crippen LogP contribution in [-0.4, -0.2) is 51.8 Å². The summed E-state index contributed by atoms with van der Waals surface area (Å²) in [5.41, 5.74) is 0. The Morgan fingerprint density at radius 1 is 1.07 bits per heavy atom. The van der Waals surface area contributed by atoms with E-state index in [0.29, 0.717) is 19.7 Å². The van der Waals surface area contributed by atoms with Crippen molar-refractivity contribution >= 4 is 11.8 Å². The van der Waals surface area contributed by atoms with E-state index in [2.05, 4.69) is 15.4 Å². The van der Waals surface area contributed by atoms with Gasteiger partial charge in [0.2, 0.25) is 11.8 Å². The summed E-state index contributed by atoms with van der Waals surface area (Å²) in [6.45, 7) is 3.20.